The van der Waals surface area contributed by atoms with Crippen molar-refractivity contribution in [1.82, 2.24) is 9.97 Å². The standard InChI is InChI=1S/C14H13ClF3N5OS/c1-6(25-13-22-10(19)5-11(20)23-13)12(24)21-7-2-3-9(15)8(4-7)14(16,17)18/h2-6H,1H3,(H,21,24)(H4,19,20,22,23). The number of amides is 1. The van der Waals surface area contributed by atoms with Gasteiger partial charge >= 0.3 is 6.18 Å². The highest BCUT2D eigenvalue weighted by Gasteiger charge is 2.33. The van der Waals surface area contributed by atoms with Crippen LogP contribution in [-0.4, -0.2) is 21.1 Å². The van der Waals surface area contributed by atoms with Gasteiger partial charge in [-0.25, -0.2) is 9.97 Å². The Morgan fingerprint density at radius 3 is 2.40 bits per heavy atom. The second-order valence-electron chi connectivity index (χ2n) is 4.94. The van der Waals surface area contributed by atoms with Crippen LogP contribution in [0.3, 0.4) is 0 Å². The van der Waals surface area contributed by atoms with Gasteiger partial charge < -0.3 is 16.8 Å². The maximum atomic E-state index is 12.8. The van der Waals surface area contributed by atoms with Gasteiger partial charge in [0.25, 0.3) is 0 Å². The molecule has 1 atom stereocenters. The van der Waals surface area contributed by atoms with Crippen molar-refractivity contribution in [1.29, 1.82) is 0 Å². The lowest BCUT2D eigenvalue weighted by Gasteiger charge is -2.14. The minimum absolute atomic E-state index is 0.0258. The molecule has 0 radical (unpaired) electrons. The van der Waals surface area contributed by atoms with Crippen LogP contribution in [0.4, 0.5) is 30.5 Å². The number of thioether (sulfide) groups is 1. The largest absolute Gasteiger partial charge is 0.417 e. The summed E-state index contributed by atoms with van der Waals surface area (Å²) in [6.07, 6.45) is -4.62. The molecule has 0 fully saturated rings. The molecule has 2 rings (SSSR count). The first-order valence-corrected chi connectivity index (χ1v) is 8.06. The number of nitrogens with zero attached hydrogens (tertiary/aromatic N) is 2. The van der Waals surface area contributed by atoms with Crippen LogP contribution in [0, 0.1) is 0 Å². The maximum absolute atomic E-state index is 12.8. The molecule has 25 heavy (non-hydrogen) atoms. The van der Waals surface area contributed by atoms with Crippen molar-refractivity contribution in [3.05, 3.63) is 34.9 Å². The van der Waals surface area contributed by atoms with Gasteiger partial charge in [0.2, 0.25) is 5.91 Å². The first-order valence-electron chi connectivity index (χ1n) is 6.80. The van der Waals surface area contributed by atoms with Crippen LogP contribution in [0.25, 0.3) is 0 Å². The van der Waals surface area contributed by atoms with Crippen molar-refractivity contribution in [2.75, 3.05) is 16.8 Å². The smallest absolute Gasteiger partial charge is 0.383 e. The fourth-order valence-electron chi connectivity index (χ4n) is 1.79. The molecule has 1 unspecified atom stereocenters. The van der Waals surface area contributed by atoms with E-state index in [1.807, 2.05) is 0 Å². The normalized spacial score (nSPS) is 12.7. The van der Waals surface area contributed by atoms with Crippen LogP contribution in [0.15, 0.2) is 29.4 Å². The third-order valence-electron chi connectivity index (χ3n) is 2.94. The number of benzene rings is 1. The summed E-state index contributed by atoms with van der Waals surface area (Å²) in [6.45, 7) is 1.54. The van der Waals surface area contributed by atoms with Gasteiger partial charge in [-0.2, -0.15) is 13.2 Å². The number of carbonyl (C=O) groups is 1. The van der Waals surface area contributed by atoms with Crippen LogP contribution in [0.5, 0.6) is 0 Å². The molecule has 0 spiro atoms. The van der Waals surface area contributed by atoms with Gasteiger partial charge in [-0.15, -0.1) is 0 Å². The second kappa shape index (κ2) is 7.36. The Morgan fingerprint density at radius 1 is 1.24 bits per heavy atom. The molecule has 1 amide bonds. The van der Waals surface area contributed by atoms with E-state index in [1.54, 1.807) is 6.92 Å². The minimum atomic E-state index is -4.62. The minimum Gasteiger partial charge on any atom is -0.383 e. The predicted molar refractivity (Wildman–Crippen MR) is 91.3 cm³/mol. The zero-order valence-electron chi connectivity index (χ0n) is 12.8. The van der Waals surface area contributed by atoms with Crippen molar-refractivity contribution >= 4 is 46.6 Å². The van der Waals surface area contributed by atoms with E-state index in [1.165, 1.54) is 12.1 Å². The Bertz CT molecular complexity index is 782. The van der Waals surface area contributed by atoms with E-state index in [4.69, 9.17) is 23.1 Å². The molecule has 11 heteroatoms. The van der Waals surface area contributed by atoms with E-state index in [2.05, 4.69) is 15.3 Å². The average Bonchev–Trinajstić information content (AvgIpc) is 2.46. The Balaban J connectivity index is 2.11. The van der Waals surface area contributed by atoms with Crippen molar-refractivity contribution in [2.45, 2.75) is 23.5 Å². The molecule has 0 aliphatic carbocycles. The molecule has 1 heterocycles. The summed E-state index contributed by atoms with van der Waals surface area (Å²) in [5, 5.41) is 1.43. The number of rotatable bonds is 4. The number of hydrogen-bond acceptors (Lipinski definition) is 6. The molecule has 0 saturated carbocycles. The van der Waals surface area contributed by atoms with E-state index < -0.39 is 27.9 Å². The first-order chi connectivity index (χ1) is 11.6. The highest BCUT2D eigenvalue weighted by atomic mass is 35.5. The predicted octanol–water partition coefficient (Wildman–Crippen LogP) is 3.43. The van der Waals surface area contributed by atoms with Gasteiger partial charge in [-0.1, -0.05) is 23.4 Å². The van der Waals surface area contributed by atoms with E-state index in [9.17, 15) is 18.0 Å². The summed E-state index contributed by atoms with van der Waals surface area (Å²) >= 11 is 6.51. The Labute approximate surface area is 150 Å². The van der Waals surface area contributed by atoms with E-state index in [0.717, 1.165) is 23.9 Å². The molecule has 134 valence electrons. The monoisotopic (exact) mass is 391 g/mol. The summed E-state index contributed by atoms with van der Waals surface area (Å²) in [4.78, 5) is 20.0. The van der Waals surface area contributed by atoms with Crippen LogP contribution < -0.4 is 16.8 Å². The average molecular weight is 392 g/mol. The van der Waals surface area contributed by atoms with Gasteiger partial charge in [0.1, 0.15) is 11.6 Å². The first kappa shape index (κ1) is 19.1. The highest BCUT2D eigenvalue weighted by Crippen LogP contribution is 2.36. The number of nitrogens with one attached hydrogen (secondary N) is 1. The molecule has 6 nitrogen and oxygen atoms in total. The summed E-state index contributed by atoms with van der Waals surface area (Å²) in [6, 6.07) is 4.48. The lowest BCUT2D eigenvalue weighted by atomic mass is 10.2. The van der Waals surface area contributed by atoms with Crippen LogP contribution >= 0.6 is 23.4 Å². The van der Waals surface area contributed by atoms with Gasteiger partial charge in [0.05, 0.1) is 15.8 Å². The third-order valence-corrected chi connectivity index (χ3v) is 4.23. The number of alkyl halides is 3. The maximum Gasteiger partial charge on any atom is 0.417 e. The molecular formula is C14H13ClF3N5OS. The fourth-order valence-corrected chi connectivity index (χ4v) is 2.81. The number of aromatic nitrogens is 2. The van der Waals surface area contributed by atoms with Gasteiger partial charge in [0, 0.05) is 11.8 Å². The Morgan fingerprint density at radius 2 is 1.84 bits per heavy atom. The fraction of sp³-hybridized carbons (Fsp3) is 0.214. The quantitative estimate of drug-likeness (QED) is 0.544. The Hall–Kier alpha value is -2.20. The van der Waals surface area contributed by atoms with Crippen LogP contribution in [0.1, 0.15) is 12.5 Å². The summed E-state index contributed by atoms with van der Waals surface area (Å²) < 4.78 is 38.5. The van der Waals surface area contributed by atoms with Crippen molar-refractivity contribution in [3.8, 4) is 0 Å². The SMILES string of the molecule is CC(Sc1nc(N)cc(N)n1)C(=O)Nc1ccc(Cl)c(C(F)(F)F)c1. The van der Waals surface area contributed by atoms with Crippen molar-refractivity contribution in [3.63, 3.8) is 0 Å². The zero-order valence-corrected chi connectivity index (χ0v) is 14.3. The molecule has 0 aliphatic rings. The molecule has 0 saturated heterocycles. The van der Waals surface area contributed by atoms with Crippen molar-refractivity contribution < 1.29 is 18.0 Å². The van der Waals surface area contributed by atoms with Crippen LogP contribution in [-0.2, 0) is 11.0 Å². The number of hydrogen-bond donors (Lipinski definition) is 3. The van der Waals surface area contributed by atoms with Crippen molar-refractivity contribution in [2.24, 2.45) is 0 Å². The third kappa shape index (κ3) is 5.13. The lowest BCUT2D eigenvalue weighted by molar-refractivity contribution is -0.137. The highest BCUT2D eigenvalue weighted by molar-refractivity contribution is 8.00. The second-order valence-corrected chi connectivity index (χ2v) is 6.66. The van der Waals surface area contributed by atoms with E-state index >= 15 is 0 Å². The number of carbonyl (C=O) groups excluding carboxylic acids is 1. The number of halogens is 4. The molecule has 1 aromatic heterocycles. The number of anilines is 3. The summed E-state index contributed by atoms with van der Waals surface area (Å²) in [7, 11) is 0. The summed E-state index contributed by atoms with van der Waals surface area (Å²) in [5.74, 6) is -0.240. The molecular weight excluding hydrogens is 379 g/mol. The molecule has 0 aliphatic heterocycles. The Kier molecular flexibility index (Phi) is 5.63. The molecule has 1 aromatic carbocycles. The molecule has 2 aromatic rings. The van der Waals surface area contributed by atoms with E-state index in [0.29, 0.717) is 0 Å². The number of nitrogen functional groups attached to an aromatic ring is 2. The topological polar surface area (TPSA) is 107 Å². The molecule has 5 N–H and O–H groups in total. The van der Waals surface area contributed by atoms with Gasteiger partial charge in [0.15, 0.2) is 5.16 Å². The van der Waals surface area contributed by atoms with Gasteiger partial charge in [-0.05, 0) is 25.1 Å². The molecule has 0 bridgehead atoms. The number of nitrogens with two attached hydrogens (primary N) is 2. The summed E-state index contributed by atoms with van der Waals surface area (Å²) in [5.41, 5.74) is 10.0. The lowest BCUT2D eigenvalue weighted by Crippen LogP contribution is -2.23. The van der Waals surface area contributed by atoms with Crippen LogP contribution in [0.2, 0.25) is 5.02 Å². The zero-order chi connectivity index (χ0) is 18.8. The van der Waals surface area contributed by atoms with E-state index in [-0.39, 0.29) is 22.5 Å². The van der Waals surface area contributed by atoms with Gasteiger partial charge in [-0.3, -0.25) is 4.79 Å².